The van der Waals surface area contributed by atoms with Gasteiger partial charge in [0.15, 0.2) is 0 Å². The molecule has 7 heteroatoms. The fraction of sp³-hybridized carbons (Fsp3) is 0.444. The largest absolute Gasteiger partial charge is 0.478 e. The van der Waals surface area contributed by atoms with Crippen LogP contribution in [-0.2, 0) is 14.4 Å². The smallest absolute Gasteiger partial charge is 0.330 e. The van der Waals surface area contributed by atoms with E-state index in [0.29, 0.717) is 18.4 Å². The minimum absolute atomic E-state index is 0.114. The summed E-state index contributed by atoms with van der Waals surface area (Å²) in [5.74, 6) is -0.891. The first kappa shape index (κ1) is 19.5. The van der Waals surface area contributed by atoms with Crippen molar-refractivity contribution >= 4 is 18.1 Å². The summed E-state index contributed by atoms with van der Waals surface area (Å²) >= 11 is 0. The van der Waals surface area contributed by atoms with Gasteiger partial charge in [-0.25, -0.2) is 25.2 Å². The highest BCUT2D eigenvalue weighted by atomic mass is 16.4. The number of carboxylic acids is 1. The molecule has 90 valence electrons. The number of unbranched alkanes of at least 4 members (excludes halogenated alkanes) is 1. The number of nitrogens with one attached hydrogen (secondary N) is 2. The lowest BCUT2D eigenvalue weighted by molar-refractivity contribution is -0.132. The average molecular weight is 230 g/mol. The molecule has 0 saturated heterocycles. The van der Waals surface area contributed by atoms with Crippen LogP contribution in [0.15, 0.2) is 11.6 Å². The Kier molecular flexibility index (Phi) is 22.7. The monoisotopic (exact) mass is 230 g/mol. The van der Waals surface area contributed by atoms with Crippen molar-refractivity contribution in [2.45, 2.75) is 19.8 Å². The van der Waals surface area contributed by atoms with Crippen molar-refractivity contribution in [1.82, 2.24) is 0 Å². The van der Waals surface area contributed by atoms with E-state index >= 15 is 0 Å². The van der Waals surface area contributed by atoms with E-state index in [0.717, 1.165) is 12.2 Å². The molecular formula is C9H14N2O5. The maximum Gasteiger partial charge on any atom is 0.330 e. The van der Waals surface area contributed by atoms with Gasteiger partial charge in [-0.05, 0) is 19.8 Å². The van der Waals surface area contributed by atoms with E-state index in [1.165, 1.54) is 0 Å². The van der Waals surface area contributed by atoms with Crippen LogP contribution in [0.4, 0.5) is 0 Å². The lowest BCUT2D eigenvalue weighted by atomic mass is 10.2. The molecule has 0 aliphatic rings. The molecule has 0 aromatic rings. The second kappa shape index (κ2) is 18.7. The van der Waals surface area contributed by atoms with E-state index in [9.17, 15) is 4.79 Å². The number of carbonyl (C=O) groups is 1. The number of carboxylic acid groups (broad SMARTS) is 1. The number of aliphatic hydroxyl groups excluding tert-OH is 1. The maximum atomic E-state index is 10.2. The third-order valence-corrected chi connectivity index (χ3v) is 1.15. The van der Waals surface area contributed by atoms with E-state index < -0.39 is 5.97 Å². The lowest BCUT2D eigenvalue weighted by Crippen LogP contribution is -1.95. The first-order valence-electron chi connectivity index (χ1n) is 4.10. The van der Waals surface area contributed by atoms with Gasteiger partial charge in [-0.1, -0.05) is 6.08 Å². The van der Waals surface area contributed by atoms with Crippen LogP contribution < -0.4 is 0 Å². The van der Waals surface area contributed by atoms with Gasteiger partial charge in [0.25, 0.3) is 0 Å². The number of carbonyl (C=O) groups excluding carboxylic acids is 2. The first-order valence-corrected chi connectivity index (χ1v) is 4.10. The number of aliphatic carboxylic acids is 1. The number of isocyanates is 2. The van der Waals surface area contributed by atoms with Gasteiger partial charge in [-0.2, -0.15) is 0 Å². The molecule has 0 spiro atoms. The third kappa shape index (κ3) is 29.7. The summed E-state index contributed by atoms with van der Waals surface area (Å²) in [6.07, 6.45) is 4.37. The Bertz CT molecular complexity index is 262. The lowest BCUT2D eigenvalue weighted by Gasteiger charge is -1.91. The highest BCUT2D eigenvalue weighted by molar-refractivity contribution is 5.85. The van der Waals surface area contributed by atoms with Gasteiger partial charge in [0, 0.05) is 12.2 Å². The molecule has 7 nitrogen and oxygen atoms in total. The van der Waals surface area contributed by atoms with Crippen LogP contribution in [0.3, 0.4) is 0 Å². The number of hydrogen-bond donors (Lipinski definition) is 4. The van der Waals surface area contributed by atoms with E-state index in [4.69, 9.17) is 30.6 Å². The van der Waals surface area contributed by atoms with Gasteiger partial charge in [0.05, 0.1) is 0 Å². The Morgan fingerprint density at radius 3 is 1.94 bits per heavy atom. The van der Waals surface area contributed by atoms with Gasteiger partial charge >= 0.3 is 5.97 Å². The second-order valence-electron chi connectivity index (χ2n) is 2.26. The molecule has 16 heavy (non-hydrogen) atoms. The topological polar surface area (TPSA) is 139 Å². The van der Waals surface area contributed by atoms with Crippen LogP contribution in [0.25, 0.3) is 0 Å². The van der Waals surface area contributed by atoms with Crippen LogP contribution >= 0.6 is 0 Å². The fourth-order valence-electron chi connectivity index (χ4n) is 0.497. The van der Waals surface area contributed by atoms with E-state index in [2.05, 4.69) is 0 Å². The zero-order chi connectivity index (χ0) is 13.4. The third-order valence-electron chi connectivity index (χ3n) is 1.15. The highest BCUT2D eigenvalue weighted by Crippen LogP contribution is 1.97. The van der Waals surface area contributed by atoms with Crippen LogP contribution in [0.1, 0.15) is 19.8 Å². The average Bonchev–Trinajstić information content (AvgIpc) is 2.20. The van der Waals surface area contributed by atoms with E-state index in [1.54, 1.807) is 13.0 Å². The molecule has 0 radical (unpaired) electrons. The standard InChI is InChI=1S/C7H12O3.2CHNO/c1-6(7(9)10)4-2-3-5-8;2*2-1-3/h4,8H,2-3,5H2,1H3,(H,9,10);2*2H. The Morgan fingerprint density at radius 2 is 1.69 bits per heavy atom. The molecule has 0 aromatic carbocycles. The quantitative estimate of drug-likeness (QED) is 0.242. The molecule has 0 rings (SSSR count). The fourth-order valence-corrected chi connectivity index (χ4v) is 0.497. The minimum atomic E-state index is -0.891. The molecule has 0 aromatic heterocycles. The molecule has 0 aliphatic carbocycles. The van der Waals surface area contributed by atoms with Crippen molar-refractivity contribution in [1.29, 1.82) is 10.8 Å². The summed E-state index contributed by atoms with van der Waals surface area (Å²) in [7, 11) is 0. The van der Waals surface area contributed by atoms with Gasteiger partial charge in [0.1, 0.15) is 0 Å². The summed E-state index contributed by atoms with van der Waals surface area (Å²) in [5.41, 5.74) is 0.341. The number of hydrogen-bond acceptors (Lipinski definition) is 6. The van der Waals surface area contributed by atoms with Gasteiger partial charge in [0.2, 0.25) is 12.2 Å². The summed E-state index contributed by atoms with van der Waals surface area (Å²) in [4.78, 5) is 26.9. The highest BCUT2D eigenvalue weighted by Gasteiger charge is 1.96. The number of aliphatic hydroxyl groups is 1. The molecular weight excluding hydrogens is 216 g/mol. The van der Waals surface area contributed by atoms with Crippen LogP contribution in [0.2, 0.25) is 0 Å². The van der Waals surface area contributed by atoms with Crippen LogP contribution in [0, 0.1) is 10.8 Å². The minimum Gasteiger partial charge on any atom is -0.478 e. The zero-order valence-electron chi connectivity index (χ0n) is 8.82. The second-order valence-corrected chi connectivity index (χ2v) is 2.26. The Hall–Kier alpha value is -2.07. The molecule has 0 heterocycles. The SMILES string of the molecule is CC(=CCCCO)C(=O)O.N=C=O.N=C=O. The predicted molar refractivity (Wildman–Crippen MR) is 54.5 cm³/mol. The van der Waals surface area contributed by atoms with Crippen molar-refractivity contribution in [3.05, 3.63) is 11.6 Å². The van der Waals surface area contributed by atoms with Crippen molar-refractivity contribution < 1.29 is 24.6 Å². The Morgan fingerprint density at radius 1 is 1.31 bits per heavy atom. The van der Waals surface area contributed by atoms with Gasteiger partial charge < -0.3 is 10.2 Å². The molecule has 0 aliphatic heterocycles. The van der Waals surface area contributed by atoms with Crippen molar-refractivity contribution in [3.63, 3.8) is 0 Å². The number of allylic oxidation sites excluding steroid dienone is 1. The molecule has 4 N–H and O–H groups in total. The Balaban J connectivity index is -0.000000235. The summed E-state index contributed by atoms with van der Waals surface area (Å²) in [6.45, 7) is 1.66. The molecule has 0 fully saturated rings. The first-order chi connectivity index (χ1) is 7.51. The molecule has 0 bridgehead atoms. The van der Waals surface area contributed by atoms with Crippen LogP contribution in [0.5, 0.6) is 0 Å². The van der Waals surface area contributed by atoms with Gasteiger partial charge in [-0.15, -0.1) is 0 Å². The van der Waals surface area contributed by atoms with Gasteiger partial charge in [-0.3, -0.25) is 0 Å². The summed E-state index contributed by atoms with van der Waals surface area (Å²) in [6, 6.07) is 0. The van der Waals surface area contributed by atoms with Crippen molar-refractivity contribution in [2.75, 3.05) is 6.61 Å². The normalized spacial score (nSPS) is 8.25. The molecule has 0 saturated carbocycles. The molecule has 0 amide bonds. The van der Waals surface area contributed by atoms with E-state index in [-0.39, 0.29) is 6.61 Å². The Labute approximate surface area is 92.4 Å². The summed E-state index contributed by atoms with van der Waals surface area (Å²) < 4.78 is 0. The number of rotatable bonds is 4. The van der Waals surface area contributed by atoms with Crippen molar-refractivity contribution in [3.8, 4) is 0 Å². The van der Waals surface area contributed by atoms with Crippen LogP contribution in [-0.4, -0.2) is 34.9 Å². The molecule has 0 unspecified atom stereocenters. The maximum absolute atomic E-state index is 10.2. The van der Waals surface area contributed by atoms with E-state index in [1.807, 2.05) is 0 Å². The zero-order valence-corrected chi connectivity index (χ0v) is 8.82. The predicted octanol–water partition coefficient (Wildman–Crippen LogP) is 0.592. The van der Waals surface area contributed by atoms with Crippen molar-refractivity contribution in [2.24, 2.45) is 0 Å². The molecule has 0 atom stereocenters. The summed E-state index contributed by atoms with van der Waals surface area (Å²) in [5, 5.41) is 27.5.